The third kappa shape index (κ3) is 9.78. The first-order valence-electron chi connectivity index (χ1n) is 16.4. The Morgan fingerprint density at radius 2 is 1.46 bits per heavy atom. The van der Waals surface area contributed by atoms with E-state index in [1.165, 1.54) is 37.3 Å². The van der Waals surface area contributed by atoms with Crippen molar-refractivity contribution in [3.63, 3.8) is 0 Å². The molecule has 0 saturated carbocycles. The molecule has 0 radical (unpaired) electrons. The minimum absolute atomic E-state index is 0.0711. The summed E-state index contributed by atoms with van der Waals surface area (Å²) >= 11 is 0. The number of amides is 2. The number of sulfonamides is 1. The van der Waals surface area contributed by atoms with E-state index in [0.29, 0.717) is 18.1 Å². The van der Waals surface area contributed by atoms with Crippen molar-refractivity contribution < 1.29 is 32.2 Å². The van der Waals surface area contributed by atoms with Crippen molar-refractivity contribution >= 4 is 27.5 Å². The van der Waals surface area contributed by atoms with Gasteiger partial charge in [-0.1, -0.05) is 60.2 Å². The molecule has 0 spiro atoms. The summed E-state index contributed by atoms with van der Waals surface area (Å²) in [5.41, 5.74) is 2.34. The van der Waals surface area contributed by atoms with Crippen LogP contribution >= 0.6 is 0 Å². The highest BCUT2D eigenvalue weighted by molar-refractivity contribution is 7.92. The summed E-state index contributed by atoms with van der Waals surface area (Å²) in [5, 5.41) is 3.05. The lowest BCUT2D eigenvalue weighted by Crippen LogP contribution is -2.56. The molecule has 2 amide bonds. The molecular weight excluding hydrogens is 655 g/mol. The minimum Gasteiger partial charge on any atom is -0.494 e. The molecule has 1 N–H and O–H groups in total. The second kappa shape index (κ2) is 16.6. The zero-order valence-corrected chi connectivity index (χ0v) is 30.6. The molecule has 266 valence electrons. The van der Waals surface area contributed by atoms with Crippen molar-refractivity contribution in [2.24, 2.45) is 0 Å². The van der Waals surface area contributed by atoms with Crippen molar-refractivity contribution in [3.8, 4) is 17.2 Å². The van der Waals surface area contributed by atoms with Crippen molar-refractivity contribution in [3.05, 3.63) is 114 Å². The van der Waals surface area contributed by atoms with Crippen LogP contribution in [0.5, 0.6) is 17.2 Å². The van der Waals surface area contributed by atoms with Crippen LogP contribution in [0.25, 0.3) is 0 Å². The Balaban J connectivity index is 1.84. The largest absolute Gasteiger partial charge is 0.494 e. The van der Waals surface area contributed by atoms with Crippen LogP contribution in [0.1, 0.15) is 44.4 Å². The standard InChI is InChI=1S/C39H47N3O7S/c1-8-49-32-20-18-31(19-21-32)42(50(45,46)33-22-23-35(47-6)36(25-33)48-7)27-37(43)41(26-30-16-14-28(2)15-17-30)34(38(44)40-39(3,4)5)24-29-12-10-9-11-13-29/h9-23,25,34H,8,24,26-27H2,1-7H3,(H,40,44)/t34-/m0/s1. The molecule has 4 aromatic carbocycles. The molecule has 0 aliphatic carbocycles. The normalized spacial score (nSPS) is 12.1. The highest BCUT2D eigenvalue weighted by Crippen LogP contribution is 2.33. The van der Waals surface area contributed by atoms with Gasteiger partial charge in [-0.15, -0.1) is 0 Å². The van der Waals surface area contributed by atoms with E-state index in [9.17, 15) is 18.0 Å². The van der Waals surface area contributed by atoms with E-state index in [-0.39, 0.29) is 35.2 Å². The van der Waals surface area contributed by atoms with Crippen LogP contribution in [-0.4, -0.2) is 64.1 Å². The first kappa shape index (κ1) is 37.8. The van der Waals surface area contributed by atoms with Crippen molar-refractivity contribution in [2.45, 2.75) is 64.1 Å². The minimum atomic E-state index is -4.37. The van der Waals surface area contributed by atoms with E-state index in [1.807, 2.05) is 89.2 Å². The van der Waals surface area contributed by atoms with Gasteiger partial charge >= 0.3 is 0 Å². The van der Waals surface area contributed by atoms with Gasteiger partial charge in [0.1, 0.15) is 18.3 Å². The summed E-state index contributed by atoms with van der Waals surface area (Å²) in [4.78, 5) is 30.2. The number of hydrogen-bond acceptors (Lipinski definition) is 7. The number of carbonyl (C=O) groups excluding carboxylic acids is 2. The molecule has 0 bridgehead atoms. The van der Waals surface area contributed by atoms with E-state index in [2.05, 4.69) is 5.32 Å². The Kier molecular flexibility index (Phi) is 12.5. The highest BCUT2D eigenvalue weighted by Gasteiger charge is 2.36. The summed E-state index contributed by atoms with van der Waals surface area (Å²) < 4.78 is 46.4. The van der Waals surface area contributed by atoms with E-state index in [0.717, 1.165) is 21.0 Å². The molecule has 50 heavy (non-hydrogen) atoms. The van der Waals surface area contributed by atoms with Gasteiger partial charge < -0.3 is 24.4 Å². The van der Waals surface area contributed by atoms with Crippen molar-refractivity contribution in [1.29, 1.82) is 0 Å². The van der Waals surface area contributed by atoms with Crippen LogP contribution in [0.2, 0.25) is 0 Å². The lowest BCUT2D eigenvalue weighted by molar-refractivity contribution is -0.140. The third-order valence-electron chi connectivity index (χ3n) is 7.90. The fourth-order valence-corrected chi connectivity index (χ4v) is 6.84. The first-order chi connectivity index (χ1) is 23.7. The lowest BCUT2D eigenvalue weighted by Gasteiger charge is -2.35. The molecule has 11 heteroatoms. The molecule has 0 aromatic heterocycles. The number of nitrogens with zero attached hydrogens (tertiary/aromatic N) is 2. The fraction of sp³-hybridized carbons (Fsp3) is 0.333. The van der Waals surface area contributed by atoms with Gasteiger partial charge in [0.2, 0.25) is 11.8 Å². The van der Waals surface area contributed by atoms with Gasteiger partial charge in [0, 0.05) is 24.6 Å². The molecule has 0 fully saturated rings. The number of hydrogen-bond donors (Lipinski definition) is 1. The number of anilines is 1. The molecule has 4 aromatic rings. The van der Waals surface area contributed by atoms with Crippen LogP contribution in [0.15, 0.2) is 102 Å². The Morgan fingerprint density at radius 3 is 2.04 bits per heavy atom. The number of ether oxygens (including phenoxy) is 3. The highest BCUT2D eigenvalue weighted by atomic mass is 32.2. The molecule has 0 unspecified atom stereocenters. The molecule has 10 nitrogen and oxygen atoms in total. The van der Waals surface area contributed by atoms with Gasteiger partial charge in [-0.3, -0.25) is 13.9 Å². The topological polar surface area (TPSA) is 114 Å². The zero-order chi connectivity index (χ0) is 36.5. The summed E-state index contributed by atoms with van der Waals surface area (Å²) in [5.74, 6) is 0.210. The maximum Gasteiger partial charge on any atom is 0.264 e. The summed E-state index contributed by atoms with van der Waals surface area (Å²) in [6, 6.07) is 26.9. The Hall–Kier alpha value is -5.03. The molecule has 0 heterocycles. The van der Waals surface area contributed by atoms with Gasteiger partial charge in [-0.25, -0.2) is 8.42 Å². The van der Waals surface area contributed by atoms with Gasteiger partial charge in [0.05, 0.1) is 31.4 Å². The Morgan fingerprint density at radius 1 is 0.820 bits per heavy atom. The Bertz CT molecular complexity index is 1840. The van der Waals surface area contributed by atoms with E-state index < -0.39 is 34.1 Å². The lowest BCUT2D eigenvalue weighted by atomic mass is 10.0. The second-order valence-corrected chi connectivity index (χ2v) is 14.8. The summed E-state index contributed by atoms with van der Waals surface area (Å²) in [6.45, 7) is 9.35. The summed E-state index contributed by atoms with van der Waals surface area (Å²) in [6.07, 6.45) is 0.214. The SMILES string of the molecule is CCOc1ccc(N(CC(=O)N(Cc2ccc(C)cc2)[C@@H](Cc2ccccc2)C(=O)NC(C)(C)C)S(=O)(=O)c2ccc(OC)c(OC)c2)cc1. The van der Waals surface area contributed by atoms with Gasteiger partial charge in [-0.2, -0.15) is 0 Å². The first-order valence-corrected chi connectivity index (χ1v) is 17.9. The molecule has 0 saturated heterocycles. The number of benzene rings is 4. The number of nitrogens with one attached hydrogen (secondary N) is 1. The molecule has 0 aliphatic heterocycles. The van der Waals surface area contributed by atoms with Crippen LogP contribution < -0.4 is 23.8 Å². The second-order valence-electron chi connectivity index (χ2n) is 12.9. The van der Waals surface area contributed by atoms with Crippen LogP contribution in [0.3, 0.4) is 0 Å². The summed E-state index contributed by atoms with van der Waals surface area (Å²) in [7, 11) is -1.49. The number of rotatable bonds is 15. The zero-order valence-electron chi connectivity index (χ0n) is 29.8. The molecule has 4 rings (SSSR count). The van der Waals surface area contributed by atoms with E-state index in [1.54, 1.807) is 24.3 Å². The van der Waals surface area contributed by atoms with Crippen LogP contribution in [-0.2, 0) is 32.6 Å². The molecule has 0 aliphatic rings. The van der Waals surface area contributed by atoms with E-state index in [4.69, 9.17) is 14.2 Å². The van der Waals surface area contributed by atoms with Crippen LogP contribution in [0, 0.1) is 6.92 Å². The Labute approximate surface area is 296 Å². The quantitative estimate of drug-likeness (QED) is 0.158. The average molecular weight is 702 g/mol. The number of carbonyl (C=O) groups is 2. The van der Waals surface area contributed by atoms with Gasteiger partial charge in [0.25, 0.3) is 10.0 Å². The maximum atomic E-state index is 14.7. The monoisotopic (exact) mass is 701 g/mol. The van der Waals surface area contributed by atoms with Gasteiger partial charge in [0.15, 0.2) is 11.5 Å². The number of methoxy groups -OCH3 is 2. The van der Waals surface area contributed by atoms with Gasteiger partial charge in [-0.05, 0) is 82.1 Å². The fourth-order valence-electron chi connectivity index (χ4n) is 5.41. The van der Waals surface area contributed by atoms with Crippen molar-refractivity contribution in [1.82, 2.24) is 10.2 Å². The maximum absolute atomic E-state index is 14.7. The van der Waals surface area contributed by atoms with E-state index >= 15 is 0 Å². The van der Waals surface area contributed by atoms with Crippen molar-refractivity contribution in [2.75, 3.05) is 31.7 Å². The van der Waals surface area contributed by atoms with Crippen LogP contribution in [0.4, 0.5) is 5.69 Å². The third-order valence-corrected chi connectivity index (χ3v) is 9.67. The average Bonchev–Trinajstić information content (AvgIpc) is 3.09. The smallest absolute Gasteiger partial charge is 0.264 e. The molecular formula is C39H47N3O7S. The predicted octanol–water partition coefficient (Wildman–Crippen LogP) is 6.16. The predicted molar refractivity (Wildman–Crippen MR) is 195 cm³/mol. The molecule has 1 atom stereocenters. The number of aryl methyl sites for hydroxylation is 1.